The first-order chi connectivity index (χ1) is 17.1. The normalized spacial score (nSPS) is 20.6. The van der Waals surface area contributed by atoms with Crippen LogP contribution in [0.3, 0.4) is 0 Å². The molecule has 8 nitrogen and oxygen atoms in total. The van der Waals surface area contributed by atoms with E-state index in [1.54, 1.807) is 24.3 Å². The van der Waals surface area contributed by atoms with Crippen molar-refractivity contribution in [2.24, 2.45) is 5.73 Å². The summed E-state index contributed by atoms with van der Waals surface area (Å²) in [6.07, 6.45) is 4.67. The second kappa shape index (κ2) is 12.8. The summed E-state index contributed by atoms with van der Waals surface area (Å²) in [5.41, 5.74) is 7.92. The molecule has 1 saturated heterocycles. The molecule has 2 aromatic rings. The zero-order valence-corrected chi connectivity index (χ0v) is 21.0. The Balaban J connectivity index is 1.33. The molecular formula is C26H37N3O5S. The quantitative estimate of drug-likeness (QED) is 0.405. The fraction of sp³-hybridized carbons (Fsp3) is 0.538. The number of likely N-dealkylation sites (tertiary alicyclic amines) is 1. The van der Waals surface area contributed by atoms with Crippen molar-refractivity contribution in [2.75, 3.05) is 52.6 Å². The standard InChI is InChI=1S/C26H37N3O5S/c27-12-16-32-18-19-33-17-13-28-35(30,31)23-10-8-22(9-11-23)34-26-24-7-3-2-6-21(24)20-25(26)29-14-4-1-5-15-29/h2-3,6-11,25-26,28H,1,4-5,12-20,27H2/t25-,26-/m0/s1. The minimum absolute atomic E-state index is 0.0594. The van der Waals surface area contributed by atoms with Crippen molar-refractivity contribution in [3.05, 3.63) is 59.7 Å². The van der Waals surface area contributed by atoms with Crippen LogP contribution in [0.25, 0.3) is 0 Å². The Bertz CT molecular complexity index is 1030. The number of fused-ring (bicyclic) bond motifs is 1. The first kappa shape index (κ1) is 26.1. The first-order valence-electron chi connectivity index (χ1n) is 12.5. The van der Waals surface area contributed by atoms with E-state index in [2.05, 4.69) is 33.9 Å². The summed E-state index contributed by atoms with van der Waals surface area (Å²) in [5, 5.41) is 0. The number of piperidine rings is 1. The summed E-state index contributed by atoms with van der Waals surface area (Å²) >= 11 is 0. The maximum atomic E-state index is 12.6. The molecule has 1 aliphatic heterocycles. The number of nitrogens with two attached hydrogens (primary N) is 1. The van der Waals surface area contributed by atoms with E-state index in [0.717, 1.165) is 19.5 Å². The van der Waals surface area contributed by atoms with Gasteiger partial charge in [-0.2, -0.15) is 0 Å². The number of nitrogens with one attached hydrogen (secondary N) is 1. The van der Waals surface area contributed by atoms with Crippen LogP contribution >= 0.6 is 0 Å². The van der Waals surface area contributed by atoms with Gasteiger partial charge in [0.1, 0.15) is 11.9 Å². The molecule has 1 fully saturated rings. The first-order valence-corrected chi connectivity index (χ1v) is 14.0. The molecule has 1 aliphatic carbocycles. The van der Waals surface area contributed by atoms with E-state index in [0.29, 0.717) is 38.2 Å². The van der Waals surface area contributed by atoms with Crippen LogP contribution in [0.1, 0.15) is 36.5 Å². The summed E-state index contributed by atoms with van der Waals surface area (Å²) in [4.78, 5) is 2.76. The van der Waals surface area contributed by atoms with Gasteiger partial charge in [-0.3, -0.25) is 4.90 Å². The molecule has 2 atom stereocenters. The summed E-state index contributed by atoms with van der Waals surface area (Å²) < 4.78 is 44.9. The number of ether oxygens (including phenoxy) is 3. The van der Waals surface area contributed by atoms with Crippen LogP contribution in [0.4, 0.5) is 0 Å². The summed E-state index contributed by atoms with van der Waals surface area (Å²) in [6.45, 7) is 4.46. The van der Waals surface area contributed by atoms with Crippen LogP contribution in [0, 0.1) is 0 Å². The lowest BCUT2D eigenvalue weighted by Crippen LogP contribution is -2.43. The summed E-state index contributed by atoms with van der Waals surface area (Å²) in [6, 6.07) is 15.5. The van der Waals surface area contributed by atoms with Gasteiger partial charge >= 0.3 is 0 Å². The zero-order valence-electron chi connectivity index (χ0n) is 20.2. The Hall–Kier alpha value is -2.01. The number of rotatable bonds is 13. The van der Waals surface area contributed by atoms with Crippen molar-refractivity contribution in [1.82, 2.24) is 9.62 Å². The second-order valence-corrected chi connectivity index (χ2v) is 10.8. The van der Waals surface area contributed by atoms with Gasteiger partial charge in [-0.1, -0.05) is 30.7 Å². The average Bonchev–Trinajstić information content (AvgIpc) is 3.25. The number of nitrogens with zero attached hydrogens (tertiary/aromatic N) is 1. The highest BCUT2D eigenvalue weighted by atomic mass is 32.2. The van der Waals surface area contributed by atoms with Gasteiger partial charge in [0.15, 0.2) is 0 Å². The molecule has 0 aromatic heterocycles. The maximum absolute atomic E-state index is 12.6. The minimum atomic E-state index is -3.62. The molecule has 35 heavy (non-hydrogen) atoms. The van der Waals surface area contributed by atoms with Gasteiger partial charge in [0.25, 0.3) is 0 Å². The molecule has 9 heteroatoms. The van der Waals surface area contributed by atoms with Gasteiger partial charge in [0.2, 0.25) is 10.0 Å². The molecule has 0 spiro atoms. The van der Waals surface area contributed by atoms with Crippen molar-refractivity contribution in [1.29, 1.82) is 0 Å². The fourth-order valence-corrected chi connectivity index (χ4v) is 5.84. The lowest BCUT2D eigenvalue weighted by atomic mass is 10.0. The highest BCUT2D eigenvalue weighted by molar-refractivity contribution is 7.89. The van der Waals surface area contributed by atoms with Crippen LogP contribution in [0.15, 0.2) is 53.4 Å². The predicted octanol–water partition coefficient (Wildman–Crippen LogP) is 2.49. The number of hydrogen-bond donors (Lipinski definition) is 2. The van der Waals surface area contributed by atoms with Crippen molar-refractivity contribution >= 4 is 10.0 Å². The lowest BCUT2D eigenvalue weighted by molar-refractivity contribution is 0.0530. The zero-order chi connectivity index (χ0) is 24.5. The molecule has 0 amide bonds. The van der Waals surface area contributed by atoms with Crippen LogP contribution in [-0.4, -0.2) is 72.0 Å². The Morgan fingerprint density at radius 2 is 1.63 bits per heavy atom. The molecule has 0 radical (unpaired) electrons. The third-order valence-electron chi connectivity index (χ3n) is 6.57. The molecule has 192 valence electrons. The smallest absolute Gasteiger partial charge is 0.240 e. The number of hydrogen-bond acceptors (Lipinski definition) is 7. The lowest BCUT2D eigenvalue weighted by Gasteiger charge is -2.35. The topological polar surface area (TPSA) is 103 Å². The van der Waals surface area contributed by atoms with E-state index in [1.165, 1.54) is 30.4 Å². The summed E-state index contributed by atoms with van der Waals surface area (Å²) in [5.74, 6) is 0.675. The molecule has 2 aromatic carbocycles. The van der Waals surface area contributed by atoms with Gasteiger partial charge in [0, 0.05) is 13.1 Å². The van der Waals surface area contributed by atoms with Crippen LogP contribution < -0.4 is 15.2 Å². The SMILES string of the molecule is NCCOCCOCCNS(=O)(=O)c1ccc(O[C@H]2c3ccccc3C[C@@H]2N2CCCCC2)cc1. The number of sulfonamides is 1. The highest BCUT2D eigenvalue weighted by Crippen LogP contribution is 2.39. The van der Waals surface area contributed by atoms with Crippen molar-refractivity contribution < 1.29 is 22.6 Å². The molecular weight excluding hydrogens is 466 g/mol. The van der Waals surface area contributed by atoms with Crippen molar-refractivity contribution in [2.45, 2.75) is 42.7 Å². The Morgan fingerprint density at radius 1 is 0.914 bits per heavy atom. The van der Waals surface area contributed by atoms with E-state index < -0.39 is 10.0 Å². The number of benzene rings is 2. The van der Waals surface area contributed by atoms with Gasteiger partial charge in [-0.05, 0) is 67.7 Å². The van der Waals surface area contributed by atoms with E-state index in [-0.39, 0.29) is 24.2 Å². The monoisotopic (exact) mass is 503 g/mol. The molecule has 4 rings (SSSR count). The van der Waals surface area contributed by atoms with E-state index in [4.69, 9.17) is 19.9 Å². The fourth-order valence-electron chi connectivity index (χ4n) is 4.83. The minimum Gasteiger partial charge on any atom is -0.484 e. The second-order valence-electron chi connectivity index (χ2n) is 8.99. The Labute approximate surface area is 208 Å². The molecule has 1 heterocycles. The Kier molecular flexibility index (Phi) is 9.53. The molecule has 0 unspecified atom stereocenters. The van der Waals surface area contributed by atoms with E-state index in [9.17, 15) is 8.42 Å². The molecule has 0 bridgehead atoms. The van der Waals surface area contributed by atoms with Crippen molar-refractivity contribution in [3.63, 3.8) is 0 Å². The predicted molar refractivity (Wildman–Crippen MR) is 135 cm³/mol. The van der Waals surface area contributed by atoms with Gasteiger partial charge in [0.05, 0.1) is 37.4 Å². The van der Waals surface area contributed by atoms with Gasteiger partial charge in [-0.15, -0.1) is 0 Å². The van der Waals surface area contributed by atoms with E-state index >= 15 is 0 Å². The maximum Gasteiger partial charge on any atom is 0.240 e. The third kappa shape index (κ3) is 7.03. The highest BCUT2D eigenvalue weighted by Gasteiger charge is 2.38. The van der Waals surface area contributed by atoms with Crippen LogP contribution in [0.2, 0.25) is 0 Å². The largest absolute Gasteiger partial charge is 0.484 e. The summed E-state index contributed by atoms with van der Waals surface area (Å²) in [7, 11) is -3.62. The Morgan fingerprint density at radius 3 is 2.37 bits per heavy atom. The van der Waals surface area contributed by atoms with Crippen molar-refractivity contribution in [3.8, 4) is 5.75 Å². The molecule has 2 aliphatic rings. The molecule has 0 saturated carbocycles. The van der Waals surface area contributed by atoms with E-state index in [1.807, 2.05) is 0 Å². The van der Waals surface area contributed by atoms with Crippen LogP contribution in [-0.2, 0) is 25.9 Å². The third-order valence-corrected chi connectivity index (χ3v) is 8.05. The molecule has 3 N–H and O–H groups in total. The average molecular weight is 504 g/mol. The van der Waals surface area contributed by atoms with Gasteiger partial charge in [-0.25, -0.2) is 13.1 Å². The van der Waals surface area contributed by atoms with Crippen LogP contribution in [0.5, 0.6) is 5.75 Å². The van der Waals surface area contributed by atoms with Gasteiger partial charge < -0.3 is 19.9 Å².